The van der Waals surface area contributed by atoms with Crippen LogP contribution in [0, 0.1) is 0 Å². The van der Waals surface area contributed by atoms with Crippen LogP contribution in [0.1, 0.15) is 6.92 Å². The zero-order valence-electron chi connectivity index (χ0n) is 5.94. The van der Waals surface area contributed by atoms with Gasteiger partial charge < -0.3 is 0 Å². The van der Waals surface area contributed by atoms with Gasteiger partial charge in [0.25, 0.3) is 0 Å². The molecule has 8 heteroatoms. The average Bonchev–Trinajstić information content (AvgIpc) is 2.08. The predicted molar refractivity (Wildman–Crippen MR) is 45.8 cm³/mol. The van der Waals surface area contributed by atoms with Crippen LogP contribution in [0.15, 0.2) is 11.5 Å². The maximum atomic E-state index is 10.2. The molecule has 1 aliphatic rings. The first kappa shape index (κ1) is 12.2. The quantitative estimate of drug-likeness (QED) is 0.227. The molecule has 1 unspecified atom stereocenters. The van der Waals surface area contributed by atoms with Crippen LogP contribution >= 0.6 is 23.5 Å². The molecule has 1 N–H and O–H groups in total. The van der Waals surface area contributed by atoms with Gasteiger partial charge in [-0.15, -0.1) is 4.72 Å². The summed E-state index contributed by atoms with van der Waals surface area (Å²) in [5.41, 5.74) is 0. The van der Waals surface area contributed by atoms with Crippen molar-refractivity contribution in [2.75, 3.05) is 0 Å². The van der Waals surface area contributed by atoms with Gasteiger partial charge in [-0.3, -0.25) is 4.55 Å². The Morgan fingerprint density at radius 2 is 2.17 bits per heavy atom. The Labute approximate surface area is 79.3 Å². The molecule has 1 atom stereocenters. The van der Waals surface area contributed by atoms with Gasteiger partial charge in [-0.25, -0.2) is 0 Å². The Morgan fingerprint density at radius 1 is 1.75 bits per heavy atom. The van der Waals surface area contributed by atoms with E-state index < -0.39 is 15.5 Å². The maximum absolute atomic E-state index is 10.2. The minimum atomic E-state index is -5.17. The molecule has 1 radical (unpaired) electrons. The standard InChI is InChI=1S/C4H5ClNS.FHO3S/c1-4(5)2-3-7-6-4;1-5(2,3)4/h2-3H,1H3;(H,2,3,4). The van der Waals surface area contributed by atoms with Gasteiger partial charge in [-0.2, -0.15) is 8.42 Å². The van der Waals surface area contributed by atoms with E-state index in [0.717, 1.165) is 0 Å². The van der Waals surface area contributed by atoms with Crippen molar-refractivity contribution in [1.29, 1.82) is 0 Å². The molecule has 0 spiro atoms. The number of halogens is 2. The highest BCUT2D eigenvalue weighted by atomic mass is 35.5. The van der Waals surface area contributed by atoms with Crippen molar-refractivity contribution in [2.45, 2.75) is 11.9 Å². The Kier molecular flexibility index (Phi) is 4.49. The number of rotatable bonds is 0. The van der Waals surface area contributed by atoms with E-state index in [1.54, 1.807) is 0 Å². The van der Waals surface area contributed by atoms with E-state index in [-0.39, 0.29) is 0 Å². The van der Waals surface area contributed by atoms with Crippen LogP contribution in [0.5, 0.6) is 0 Å². The third kappa shape index (κ3) is 10.2. The van der Waals surface area contributed by atoms with Crippen LogP contribution in [0.2, 0.25) is 0 Å². The third-order valence-corrected chi connectivity index (χ3v) is 1.72. The number of hydrogen-bond acceptors (Lipinski definition) is 3. The molecular weight excluding hydrogens is 229 g/mol. The second-order valence-corrected chi connectivity index (χ2v) is 4.19. The minimum absolute atomic E-state index is 0.426. The largest absolute Gasteiger partial charge is 0.435 e. The fraction of sp³-hybridized carbons (Fsp3) is 0.500. The van der Waals surface area contributed by atoms with Gasteiger partial charge in [-0.1, -0.05) is 15.5 Å². The molecule has 1 aliphatic heterocycles. The molecular formula is C4H6ClFNO3S2. The Morgan fingerprint density at radius 3 is 2.25 bits per heavy atom. The summed E-state index contributed by atoms with van der Waals surface area (Å²) in [7, 11) is -5.17. The SMILES string of the molecule is CC1(Cl)C=CS[N]1.O=S(=O)(O)F. The van der Waals surface area contributed by atoms with Crippen molar-refractivity contribution in [2.24, 2.45) is 0 Å². The van der Waals surface area contributed by atoms with Gasteiger partial charge in [0.1, 0.15) is 5.00 Å². The van der Waals surface area contributed by atoms with Crippen molar-refractivity contribution >= 4 is 34.1 Å². The summed E-state index contributed by atoms with van der Waals surface area (Å²) in [4.78, 5) is -0.426. The van der Waals surface area contributed by atoms with Crippen molar-refractivity contribution in [3.05, 3.63) is 11.5 Å². The number of nitrogens with zero attached hydrogens (tertiary/aromatic N) is 1. The molecule has 0 amide bonds. The van der Waals surface area contributed by atoms with Crippen LogP contribution < -0.4 is 4.72 Å². The topological polar surface area (TPSA) is 68.5 Å². The lowest BCUT2D eigenvalue weighted by molar-refractivity contribution is 0.435. The summed E-state index contributed by atoms with van der Waals surface area (Å²) in [5.74, 6) is 0. The highest BCUT2D eigenvalue weighted by Gasteiger charge is 2.21. The highest BCUT2D eigenvalue weighted by Crippen LogP contribution is 2.25. The molecule has 0 bridgehead atoms. The number of hydrogen-bond donors (Lipinski definition) is 1. The lowest BCUT2D eigenvalue weighted by Gasteiger charge is -2.06. The van der Waals surface area contributed by atoms with Gasteiger partial charge in [0.2, 0.25) is 0 Å². The molecule has 1 rings (SSSR count). The third-order valence-electron chi connectivity index (χ3n) is 0.664. The summed E-state index contributed by atoms with van der Waals surface area (Å²) in [5, 5.41) is 1.88. The van der Waals surface area contributed by atoms with E-state index in [2.05, 4.69) is 4.72 Å². The van der Waals surface area contributed by atoms with E-state index in [9.17, 15) is 3.89 Å². The average molecular weight is 235 g/mol. The van der Waals surface area contributed by atoms with E-state index in [4.69, 9.17) is 24.6 Å². The van der Waals surface area contributed by atoms with Crippen LogP contribution in [-0.4, -0.2) is 18.0 Å². The van der Waals surface area contributed by atoms with Crippen molar-refractivity contribution in [1.82, 2.24) is 4.72 Å². The zero-order valence-corrected chi connectivity index (χ0v) is 8.33. The normalized spacial score (nSPS) is 28.0. The van der Waals surface area contributed by atoms with Crippen molar-refractivity contribution < 1.29 is 16.9 Å². The molecule has 0 aromatic carbocycles. The molecule has 0 aromatic rings. The summed E-state index contributed by atoms with van der Waals surface area (Å²) in [6.07, 6.45) is 1.86. The first-order valence-corrected chi connectivity index (χ1v) is 5.18. The second-order valence-electron chi connectivity index (χ2n) is 1.94. The molecule has 4 nitrogen and oxygen atoms in total. The summed E-state index contributed by atoms with van der Waals surface area (Å²) < 4.78 is 38.0. The monoisotopic (exact) mass is 234 g/mol. The van der Waals surface area contributed by atoms with Crippen molar-refractivity contribution in [3.8, 4) is 0 Å². The highest BCUT2D eigenvalue weighted by molar-refractivity contribution is 8.00. The Hall–Kier alpha value is 0.180. The van der Waals surface area contributed by atoms with Crippen LogP contribution in [0.4, 0.5) is 3.89 Å². The first-order chi connectivity index (χ1) is 5.21. The second kappa shape index (κ2) is 4.43. The van der Waals surface area contributed by atoms with Crippen LogP contribution in [-0.2, 0) is 10.5 Å². The van der Waals surface area contributed by atoms with Gasteiger partial charge in [0.05, 0.1) is 0 Å². The fourth-order valence-corrected chi connectivity index (χ4v) is 1.23. The lowest BCUT2D eigenvalue weighted by atomic mass is 10.4. The fourth-order valence-electron chi connectivity index (χ4n) is 0.319. The van der Waals surface area contributed by atoms with E-state index in [0.29, 0.717) is 0 Å². The molecule has 12 heavy (non-hydrogen) atoms. The molecule has 0 saturated carbocycles. The van der Waals surface area contributed by atoms with Crippen LogP contribution in [0.25, 0.3) is 0 Å². The maximum Gasteiger partial charge on any atom is 0.435 e. The predicted octanol–water partition coefficient (Wildman–Crippen LogP) is 1.48. The Balaban J connectivity index is 0.000000217. The molecule has 0 aromatic heterocycles. The summed E-state index contributed by atoms with van der Waals surface area (Å²) in [6.45, 7) is 1.85. The van der Waals surface area contributed by atoms with Crippen LogP contribution in [0.3, 0.4) is 0 Å². The minimum Gasteiger partial charge on any atom is -0.260 e. The molecule has 0 aliphatic carbocycles. The molecule has 0 saturated heterocycles. The van der Waals surface area contributed by atoms with Crippen molar-refractivity contribution in [3.63, 3.8) is 0 Å². The summed E-state index contributed by atoms with van der Waals surface area (Å²) >= 11 is 7.09. The van der Waals surface area contributed by atoms with E-state index in [1.165, 1.54) is 11.9 Å². The summed E-state index contributed by atoms with van der Waals surface area (Å²) in [6, 6.07) is 0. The van der Waals surface area contributed by atoms with Gasteiger partial charge in [0.15, 0.2) is 0 Å². The Bertz CT molecular complexity index is 255. The number of alkyl halides is 1. The molecule has 0 fully saturated rings. The van der Waals surface area contributed by atoms with E-state index in [1.807, 2.05) is 18.4 Å². The molecule has 71 valence electrons. The first-order valence-electron chi connectivity index (χ1n) is 2.62. The lowest BCUT2D eigenvalue weighted by Crippen LogP contribution is -2.17. The molecule has 1 heterocycles. The van der Waals surface area contributed by atoms with Gasteiger partial charge in [0, 0.05) is 0 Å². The smallest absolute Gasteiger partial charge is 0.260 e. The van der Waals surface area contributed by atoms with Gasteiger partial charge in [-0.05, 0) is 30.4 Å². The van der Waals surface area contributed by atoms with E-state index >= 15 is 0 Å². The zero-order chi connectivity index (χ0) is 9.83. The van der Waals surface area contributed by atoms with Gasteiger partial charge >= 0.3 is 10.5 Å².